The summed E-state index contributed by atoms with van der Waals surface area (Å²) in [5.41, 5.74) is -2.75. The topological polar surface area (TPSA) is 62.0 Å². The van der Waals surface area contributed by atoms with Crippen LogP contribution in [0.1, 0.15) is 11.1 Å². The summed E-state index contributed by atoms with van der Waals surface area (Å²) in [6.07, 6.45) is -8.70. The van der Waals surface area contributed by atoms with E-state index < -0.39 is 38.4 Å². The molecule has 0 aliphatic heterocycles. The van der Waals surface area contributed by atoms with Crippen LogP contribution >= 0.6 is 0 Å². The standard InChI is InChI=1S/C16H10F6N2O2S/c17-15(18,19)10-6-11(16(20,21)22)8-13(7-10)27(25,26)24-12-1-2-14-9(5-12)3-4-23-14/h1-8,23-24H. The molecule has 0 saturated carbocycles. The Balaban J connectivity index is 2.06. The van der Waals surface area contributed by atoms with Crippen molar-refractivity contribution in [2.45, 2.75) is 17.2 Å². The van der Waals surface area contributed by atoms with Crippen LogP contribution in [0.2, 0.25) is 0 Å². The lowest BCUT2D eigenvalue weighted by Gasteiger charge is -2.15. The summed E-state index contributed by atoms with van der Waals surface area (Å²) in [7, 11) is -4.69. The molecule has 27 heavy (non-hydrogen) atoms. The minimum atomic E-state index is -5.14. The molecular formula is C16H10F6N2O2S. The molecule has 0 spiro atoms. The van der Waals surface area contributed by atoms with E-state index in [1.54, 1.807) is 12.3 Å². The number of rotatable bonds is 3. The normalized spacial score (nSPS) is 13.1. The summed E-state index contributed by atoms with van der Waals surface area (Å²) in [6.45, 7) is 0. The molecule has 0 aliphatic carbocycles. The molecule has 2 N–H and O–H groups in total. The Labute approximate surface area is 148 Å². The van der Waals surface area contributed by atoms with Gasteiger partial charge in [0.25, 0.3) is 10.0 Å². The van der Waals surface area contributed by atoms with E-state index in [0.717, 1.165) is 0 Å². The van der Waals surface area contributed by atoms with Crippen molar-refractivity contribution in [1.29, 1.82) is 0 Å². The smallest absolute Gasteiger partial charge is 0.361 e. The number of aromatic nitrogens is 1. The molecule has 1 aromatic heterocycles. The van der Waals surface area contributed by atoms with Gasteiger partial charge in [-0.05, 0) is 42.5 Å². The molecule has 1 heterocycles. The van der Waals surface area contributed by atoms with Gasteiger partial charge < -0.3 is 4.98 Å². The van der Waals surface area contributed by atoms with Crippen molar-refractivity contribution in [3.05, 3.63) is 59.8 Å². The van der Waals surface area contributed by atoms with Crippen LogP contribution in [0.15, 0.2) is 53.6 Å². The van der Waals surface area contributed by atoms with Gasteiger partial charge in [-0.2, -0.15) is 26.3 Å². The fourth-order valence-corrected chi connectivity index (χ4v) is 3.53. The zero-order chi connectivity index (χ0) is 20.0. The van der Waals surface area contributed by atoms with Crippen LogP contribution in [0, 0.1) is 0 Å². The van der Waals surface area contributed by atoms with Crippen molar-refractivity contribution in [3.8, 4) is 0 Å². The van der Waals surface area contributed by atoms with E-state index in [1.807, 2.05) is 4.72 Å². The van der Waals surface area contributed by atoms with E-state index in [4.69, 9.17) is 0 Å². The number of hydrogen-bond donors (Lipinski definition) is 2. The van der Waals surface area contributed by atoms with Crippen molar-refractivity contribution in [3.63, 3.8) is 0 Å². The van der Waals surface area contributed by atoms with Crippen LogP contribution in [0.4, 0.5) is 32.0 Å². The van der Waals surface area contributed by atoms with Crippen molar-refractivity contribution in [2.75, 3.05) is 4.72 Å². The minimum absolute atomic E-state index is 0.00642. The maximum atomic E-state index is 12.9. The van der Waals surface area contributed by atoms with Gasteiger partial charge >= 0.3 is 12.4 Å². The van der Waals surface area contributed by atoms with E-state index >= 15 is 0 Å². The number of anilines is 1. The first-order chi connectivity index (χ1) is 12.4. The maximum absolute atomic E-state index is 12.9. The Morgan fingerprint density at radius 3 is 1.96 bits per heavy atom. The van der Waals surface area contributed by atoms with Crippen LogP contribution < -0.4 is 4.72 Å². The average molecular weight is 408 g/mol. The first kappa shape index (κ1) is 19.1. The lowest BCUT2D eigenvalue weighted by molar-refractivity contribution is -0.143. The quantitative estimate of drug-likeness (QED) is 0.599. The van der Waals surface area contributed by atoms with E-state index in [-0.39, 0.29) is 23.9 Å². The first-order valence-corrected chi connectivity index (χ1v) is 8.74. The molecule has 0 saturated heterocycles. The average Bonchev–Trinajstić information content (AvgIpc) is 3.00. The number of H-pyrrole nitrogens is 1. The Morgan fingerprint density at radius 1 is 0.815 bits per heavy atom. The van der Waals surface area contributed by atoms with Gasteiger partial charge in [-0.25, -0.2) is 8.42 Å². The number of sulfonamides is 1. The zero-order valence-corrected chi connectivity index (χ0v) is 13.9. The molecular weight excluding hydrogens is 398 g/mol. The molecule has 3 rings (SSSR count). The van der Waals surface area contributed by atoms with Crippen LogP contribution in [0.25, 0.3) is 10.9 Å². The van der Waals surface area contributed by atoms with E-state index in [9.17, 15) is 34.8 Å². The van der Waals surface area contributed by atoms with Crippen LogP contribution in [-0.4, -0.2) is 13.4 Å². The number of aromatic amines is 1. The van der Waals surface area contributed by atoms with Gasteiger partial charge in [-0.15, -0.1) is 0 Å². The van der Waals surface area contributed by atoms with Gasteiger partial charge in [0.05, 0.1) is 16.0 Å². The SMILES string of the molecule is O=S(=O)(Nc1ccc2[nH]ccc2c1)c1cc(C(F)(F)F)cc(C(F)(F)F)c1. The van der Waals surface area contributed by atoms with Crippen molar-refractivity contribution >= 4 is 26.6 Å². The Kier molecular flexibility index (Phi) is 4.37. The Bertz CT molecular complexity index is 1070. The molecule has 2 aromatic carbocycles. The Morgan fingerprint density at radius 2 is 1.41 bits per heavy atom. The number of hydrogen-bond acceptors (Lipinski definition) is 2. The molecule has 0 aliphatic rings. The maximum Gasteiger partial charge on any atom is 0.416 e. The predicted octanol–water partition coefficient (Wildman–Crippen LogP) is 5.01. The second-order valence-corrected chi connectivity index (χ2v) is 7.31. The second kappa shape index (κ2) is 6.19. The van der Waals surface area contributed by atoms with E-state index in [1.165, 1.54) is 18.2 Å². The molecule has 144 valence electrons. The highest BCUT2D eigenvalue weighted by Gasteiger charge is 2.38. The summed E-state index contributed by atoms with van der Waals surface area (Å²) < 4.78 is 104. The van der Waals surface area contributed by atoms with Gasteiger partial charge in [0.1, 0.15) is 0 Å². The van der Waals surface area contributed by atoms with E-state index in [2.05, 4.69) is 4.98 Å². The number of halogens is 6. The summed E-state index contributed by atoms with van der Waals surface area (Å²) in [5.74, 6) is 0. The van der Waals surface area contributed by atoms with Crippen molar-refractivity contribution in [2.24, 2.45) is 0 Å². The fraction of sp³-hybridized carbons (Fsp3) is 0.125. The van der Waals surface area contributed by atoms with Crippen LogP contribution in [-0.2, 0) is 22.4 Å². The predicted molar refractivity (Wildman–Crippen MR) is 85.6 cm³/mol. The fourth-order valence-electron chi connectivity index (χ4n) is 2.41. The Hall–Kier alpha value is -2.69. The monoisotopic (exact) mass is 408 g/mol. The highest BCUT2D eigenvalue weighted by Crippen LogP contribution is 2.37. The summed E-state index contributed by atoms with van der Waals surface area (Å²) in [4.78, 5) is 1.72. The lowest BCUT2D eigenvalue weighted by atomic mass is 10.1. The van der Waals surface area contributed by atoms with Crippen LogP contribution in [0.3, 0.4) is 0 Å². The van der Waals surface area contributed by atoms with Crippen molar-refractivity contribution in [1.82, 2.24) is 4.98 Å². The van der Waals surface area contributed by atoms with Crippen molar-refractivity contribution < 1.29 is 34.8 Å². The van der Waals surface area contributed by atoms with E-state index in [0.29, 0.717) is 10.9 Å². The number of alkyl halides is 6. The molecule has 11 heteroatoms. The summed E-state index contributed by atoms with van der Waals surface area (Å²) >= 11 is 0. The third-order valence-corrected chi connectivity index (χ3v) is 5.04. The number of benzene rings is 2. The number of fused-ring (bicyclic) bond motifs is 1. The largest absolute Gasteiger partial charge is 0.416 e. The zero-order valence-electron chi connectivity index (χ0n) is 13.1. The third kappa shape index (κ3) is 4.02. The lowest BCUT2D eigenvalue weighted by Crippen LogP contribution is -2.17. The second-order valence-electron chi connectivity index (χ2n) is 5.63. The van der Waals surface area contributed by atoms with Crippen LogP contribution in [0.5, 0.6) is 0 Å². The highest BCUT2D eigenvalue weighted by molar-refractivity contribution is 7.92. The minimum Gasteiger partial charge on any atom is -0.361 e. The molecule has 3 aromatic rings. The highest BCUT2D eigenvalue weighted by atomic mass is 32.2. The number of nitrogens with one attached hydrogen (secondary N) is 2. The van der Waals surface area contributed by atoms with Gasteiger partial charge in [-0.3, -0.25) is 4.72 Å². The molecule has 0 amide bonds. The molecule has 4 nitrogen and oxygen atoms in total. The summed E-state index contributed by atoms with van der Waals surface area (Å²) in [5, 5.41) is 0.607. The van der Waals surface area contributed by atoms with Gasteiger partial charge in [0.15, 0.2) is 0 Å². The molecule has 0 radical (unpaired) electrons. The molecule has 0 atom stereocenters. The molecule has 0 fully saturated rings. The molecule has 0 bridgehead atoms. The van der Waals surface area contributed by atoms with Gasteiger partial charge in [0.2, 0.25) is 0 Å². The first-order valence-electron chi connectivity index (χ1n) is 7.26. The van der Waals surface area contributed by atoms with Gasteiger partial charge in [0, 0.05) is 22.8 Å². The van der Waals surface area contributed by atoms with Gasteiger partial charge in [-0.1, -0.05) is 0 Å². The molecule has 0 unspecified atom stereocenters. The third-order valence-electron chi connectivity index (χ3n) is 3.68. The summed E-state index contributed by atoms with van der Waals surface area (Å²) in [6, 6.07) is 6.04.